The zero-order valence-electron chi connectivity index (χ0n) is 14.7. The Kier molecular flexibility index (Phi) is 8.01. The summed E-state index contributed by atoms with van der Waals surface area (Å²) in [5, 5.41) is 6.68. The molecule has 2 rings (SSSR count). The maximum Gasteiger partial charge on any atom is 0.191 e. The molecule has 0 atom stereocenters. The van der Waals surface area contributed by atoms with Crippen molar-refractivity contribution in [2.75, 3.05) is 32.7 Å². The minimum absolute atomic E-state index is 0.578. The van der Waals surface area contributed by atoms with E-state index in [4.69, 9.17) is 4.42 Å². The fourth-order valence-corrected chi connectivity index (χ4v) is 2.85. The third-order valence-electron chi connectivity index (χ3n) is 4.39. The lowest BCUT2D eigenvalue weighted by molar-refractivity contribution is 0.189. The number of likely N-dealkylation sites (tertiary alicyclic amines) is 1. The van der Waals surface area contributed by atoms with Crippen molar-refractivity contribution >= 4 is 5.96 Å². The van der Waals surface area contributed by atoms with Gasteiger partial charge in [0.1, 0.15) is 12.3 Å². The van der Waals surface area contributed by atoms with E-state index in [0.29, 0.717) is 6.54 Å². The Hall–Kier alpha value is -1.49. The lowest BCUT2D eigenvalue weighted by atomic mass is 9.99. The van der Waals surface area contributed by atoms with Crippen LogP contribution in [0.2, 0.25) is 0 Å². The molecular weight excluding hydrogens is 288 g/mol. The number of aliphatic imine (C=N–C) groups is 1. The van der Waals surface area contributed by atoms with Crippen LogP contribution in [0.5, 0.6) is 0 Å². The quantitative estimate of drug-likeness (QED) is 0.439. The molecule has 5 nitrogen and oxygen atoms in total. The normalized spacial score (nSPS) is 17.4. The van der Waals surface area contributed by atoms with Crippen molar-refractivity contribution in [2.24, 2.45) is 10.9 Å². The van der Waals surface area contributed by atoms with Crippen LogP contribution in [0.15, 0.2) is 27.8 Å². The number of hydrogen-bond acceptors (Lipinski definition) is 3. The van der Waals surface area contributed by atoms with Crippen LogP contribution in [-0.4, -0.2) is 43.6 Å². The van der Waals surface area contributed by atoms with E-state index in [-0.39, 0.29) is 0 Å². The van der Waals surface area contributed by atoms with Crippen molar-refractivity contribution in [1.29, 1.82) is 0 Å². The number of nitrogens with one attached hydrogen (secondary N) is 2. The van der Waals surface area contributed by atoms with E-state index in [0.717, 1.165) is 30.7 Å². The molecule has 0 radical (unpaired) electrons. The molecule has 0 saturated carbocycles. The molecule has 1 aromatic heterocycles. The zero-order chi connectivity index (χ0) is 16.3. The summed E-state index contributed by atoms with van der Waals surface area (Å²) in [6, 6.07) is 3.85. The molecule has 2 N–H and O–H groups in total. The van der Waals surface area contributed by atoms with Crippen molar-refractivity contribution in [2.45, 2.75) is 46.1 Å². The molecule has 2 heterocycles. The van der Waals surface area contributed by atoms with Gasteiger partial charge in [0.2, 0.25) is 0 Å². The van der Waals surface area contributed by atoms with Crippen LogP contribution in [0.1, 0.15) is 45.3 Å². The van der Waals surface area contributed by atoms with Gasteiger partial charge in [0.25, 0.3) is 0 Å². The number of nitrogens with zero attached hydrogens (tertiary/aromatic N) is 2. The first-order valence-electron chi connectivity index (χ1n) is 9.05. The van der Waals surface area contributed by atoms with E-state index in [9.17, 15) is 0 Å². The van der Waals surface area contributed by atoms with Crippen molar-refractivity contribution in [3.05, 3.63) is 24.2 Å². The highest BCUT2D eigenvalue weighted by Gasteiger charge is 2.14. The van der Waals surface area contributed by atoms with E-state index in [1.807, 2.05) is 12.1 Å². The van der Waals surface area contributed by atoms with E-state index in [2.05, 4.69) is 34.4 Å². The molecule has 23 heavy (non-hydrogen) atoms. The molecule has 1 aliphatic rings. The summed E-state index contributed by atoms with van der Waals surface area (Å²) in [5.41, 5.74) is 0. The molecule has 0 bridgehead atoms. The van der Waals surface area contributed by atoms with Gasteiger partial charge in [0.15, 0.2) is 5.96 Å². The summed E-state index contributed by atoms with van der Waals surface area (Å²) in [4.78, 5) is 7.15. The van der Waals surface area contributed by atoms with Crippen LogP contribution in [0.4, 0.5) is 0 Å². The fourth-order valence-electron chi connectivity index (χ4n) is 2.85. The first-order valence-corrected chi connectivity index (χ1v) is 9.05. The SMILES string of the molecule is CCNC(=NCc1ccco1)NCCCCN1CCC(C)CC1. The maximum absolute atomic E-state index is 5.31. The van der Waals surface area contributed by atoms with Crippen LogP contribution in [-0.2, 0) is 6.54 Å². The molecule has 130 valence electrons. The Balaban J connectivity index is 1.59. The molecular formula is C18H32N4O. The van der Waals surface area contributed by atoms with Crippen LogP contribution >= 0.6 is 0 Å². The Morgan fingerprint density at radius 1 is 1.30 bits per heavy atom. The maximum atomic E-state index is 5.31. The Bertz CT molecular complexity index is 436. The lowest BCUT2D eigenvalue weighted by Crippen LogP contribution is -2.38. The molecule has 1 aromatic rings. The van der Waals surface area contributed by atoms with Gasteiger partial charge >= 0.3 is 0 Å². The average Bonchev–Trinajstić information content (AvgIpc) is 3.07. The molecule has 1 saturated heterocycles. The van der Waals surface area contributed by atoms with Crippen LogP contribution in [0, 0.1) is 5.92 Å². The second-order valence-corrected chi connectivity index (χ2v) is 6.43. The highest BCUT2D eigenvalue weighted by molar-refractivity contribution is 5.79. The third kappa shape index (κ3) is 7.08. The van der Waals surface area contributed by atoms with Gasteiger partial charge in [-0.05, 0) is 70.3 Å². The molecule has 0 amide bonds. The molecule has 0 spiro atoms. The number of guanidine groups is 1. The summed E-state index contributed by atoms with van der Waals surface area (Å²) in [6.07, 6.45) is 6.84. The fraction of sp³-hybridized carbons (Fsp3) is 0.722. The third-order valence-corrected chi connectivity index (χ3v) is 4.39. The molecule has 0 aromatic carbocycles. The summed E-state index contributed by atoms with van der Waals surface area (Å²) in [6.45, 7) is 10.7. The van der Waals surface area contributed by atoms with Gasteiger partial charge in [-0.3, -0.25) is 0 Å². The van der Waals surface area contributed by atoms with Gasteiger partial charge in [-0.25, -0.2) is 4.99 Å². The van der Waals surface area contributed by atoms with Gasteiger partial charge < -0.3 is 20.0 Å². The Morgan fingerprint density at radius 3 is 2.83 bits per heavy atom. The number of unbranched alkanes of at least 4 members (excludes halogenated alkanes) is 1. The first kappa shape index (κ1) is 17.9. The summed E-state index contributed by atoms with van der Waals surface area (Å²) >= 11 is 0. The van der Waals surface area contributed by atoms with E-state index < -0.39 is 0 Å². The monoisotopic (exact) mass is 320 g/mol. The van der Waals surface area contributed by atoms with E-state index >= 15 is 0 Å². The number of rotatable bonds is 8. The van der Waals surface area contributed by atoms with Crippen molar-refractivity contribution in [1.82, 2.24) is 15.5 Å². The van der Waals surface area contributed by atoms with Crippen LogP contribution in [0.25, 0.3) is 0 Å². The summed E-state index contributed by atoms with van der Waals surface area (Å²) in [7, 11) is 0. The van der Waals surface area contributed by atoms with Gasteiger partial charge in [-0.2, -0.15) is 0 Å². The number of hydrogen-bond donors (Lipinski definition) is 2. The van der Waals surface area contributed by atoms with Gasteiger partial charge in [-0.15, -0.1) is 0 Å². The smallest absolute Gasteiger partial charge is 0.191 e. The van der Waals surface area contributed by atoms with Crippen molar-refractivity contribution in [3.63, 3.8) is 0 Å². The Labute approximate surface area is 140 Å². The van der Waals surface area contributed by atoms with Crippen LogP contribution < -0.4 is 10.6 Å². The van der Waals surface area contributed by atoms with Crippen LogP contribution in [0.3, 0.4) is 0 Å². The van der Waals surface area contributed by atoms with Crippen molar-refractivity contribution < 1.29 is 4.42 Å². The largest absolute Gasteiger partial charge is 0.467 e. The minimum atomic E-state index is 0.578. The zero-order valence-corrected chi connectivity index (χ0v) is 14.7. The highest BCUT2D eigenvalue weighted by Crippen LogP contribution is 2.15. The molecule has 1 aliphatic heterocycles. The highest BCUT2D eigenvalue weighted by atomic mass is 16.3. The number of furan rings is 1. The van der Waals surface area contributed by atoms with Gasteiger partial charge in [0.05, 0.1) is 6.26 Å². The predicted molar refractivity (Wildman–Crippen MR) is 95.6 cm³/mol. The van der Waals surface area contributed by atoms with Crippen molar-refractivity contribution in [3.8, 4) is 0 Å². The summed E-state index contributed by atoms with van der Waals surface area (Å²) in [5.74, 6) is 2.68. The lowest BCUT2D eigenvalue weighted by Gasteiger charge is -2.30. The number of piperidine rings is 1. The summed E-state index contributed by atoms with van der Waals surface area (Å²) < 4.78 is 5.31. The standard InChI is InChI=1S/C18H32N4O/c1-3-19-18(21-15-17-7-6-14-23-17)20-10-4-5-11-22-12-8-16(2)9-13-22/h6-7,14,16H,3-5,8-13,15H2,1-2H3,(H2,19,20,21). The molecule has 0 unspecified atom stereocenters. The van der Waals surface area contributed by atoms with E-state index in [1.165, 1.54) is 45.3 Å². The Morgan fingerprint density at radius 2 is 2.13 bits per heavy atom. The topological polar surface area (TPSA) is 52.8 Å². The second kappa shape index (κ2) is 10.3. The molecule has 0 aliphatic carbocycles. The first-order chi connectivity index (χ1) is 11.3. The van der Waals surface area contributed by atoms with Gasteiger partial charge in [0, 0.05) is 13.1 Å². The molecule has 1 fully saturated rings. The van der Waals surface area contributed by atoms with Gasteiger partial charge in [-0.1, -0.05) is 6.92 Å². The average molecular weight is 320 g/mol. The minimum Gasteiger partial charge on any atom is -0.467 e. The van der Waals surface area contributed by atoms with E-state index in [1.54, 1.807) is 6.26 Å². The predicted octanol–water partition coefficient (Wildman–Crippen LogP) is 2.85. The second-order valence-electron chi connectivity index (χ2n) is 6.43. The molecule has 5 heteroatoms.